The van der Waals surface area contributed by atoms with Crippen molar-refractivity contribution in [2.75, 3.05) is 31.6 Å². The summed E-state index contributed by atoms with van der Waals surface area (Å²) < 4.78 is 7.33. The van der Waals surface area contributed by atoms with E-state index in [0.29, 0.717) is 37.6 Å². The summed E-state index contributed by atoms with van der Waals surface area (Å²) in [6.45, 7) is 2.21. The maximum Gasteiger partial charge on any atom is 0.256 e. The van der Waals surface area contributed by atoms with Gasteiger partial charge in [0.15, 0.2) is 0 Å². The Bertz CT molecular complexity index is 975. The van der Waals surface area contributed by atoms with Gasteiger partial charge in [0.25, 0.3) is 5.91 Å². The van der Waals surface area contributed by atoms with E-state index in [1.54, 1.807) is 17.0 Å². The molecule has 1 aliphatic rings. The van der Waals surface area contributed by atoms with E-state index in [-0.39, 0.29) is 18.2 Å². The van der Waals surface area contributed by atoms with E-state index >= 15 is 0 Å². The highest BCUT2D eigenvalue weighted by molar-refractivity contribution is 6.04. The number of nitrogens with one attached hydrogen (secondary N) is 1. The molecule has 0 aliphatic carbocycles. The van der Waals surface area contributed by atoms with Gasteiger partial charge in [-0.05, 0) is 42.0 Å². The zero-order chi connectivity index (χ0) is 20.1. The summed E-state index contributed by atoms with van der Waals surface area (Å²) in [5.74, 6) is -0.235. The number of para-hydroxylation sites is 1. The van der Waals surface area contributed by atoms with Crippen molar-refractivity contribution in [2.24, 2.45) is 0 Å². The summed E-state index contributed by atoms with van der Waals surface area (Å²) in [4.78, 5) is 27.2. The third kappa shape index (κ3) is 4.55. The summed E-state index contributed by atoms with van der Waals surface area (Å²) in [5, 5.41) is 2.90. The van der Waals surface area contributed by atoms with Gasteiger partial charge in [-0.25, -0.2) is 0 Å². The van der Waals surface area contributed by atoms with Crippen molar-refractivity contribution in [3.63, 3.8) is 0 Å². The molecule has 0 bridgehead atoms. The SMILES string of the molecule is O=C(Cc1ccc(-n2cccc2)cc1)Nc1ccccc1C(=O)N1CCOCC1. The second-order valence-corrected chi connectivity index (χ2v) is 6.93. The number of aromatic nitrogens is 1. The first-order chi connectivity index (χ1) is 14.2. The van der Waals surface area contributed by atoms with Crippen LogP contribution in [0.4, 0.5) is 5.69 Å². The molecule has 2 amide bonds. The van der Waals surface area contributed by atoms with Crippen molar-refractivity contribution in [1.82, 2.24) is 9.47 Å². The second-order valence-electron chi connectivity index (χ2n) is 6.93. The van der Waals surface area contributed by atoms with Crippen LogP contribution in [0.15, 0.2) is 73.1 Å². The first kappa shape index (κ1) is 19.0. The smallest absolute Gasteiger partial charge is 0.256 e. The molecule has 148 valence electrons. The standard InChI is InChI=1S/C23H23N3O3/c27-22(17-18-7-9-19(10-8-18)25-11-3-4-12-25)24-21-6-2-1-5-20(21)23(28)26-13-15-29-16-14-26/h1-12H,13-17H2,(H,24,27). The topological polar surface area (TPSA) is 63.6 Å². The molecule has 0 atom stereocenters. The number of carbonyl (C=O) groups excluding carboxylic acids is 2. The number of morpholine rings is 1. The van der Waals surface area contributed by atoms with E-state index < -0.39 is 0 Å². The molecule has 6 heteroatoms. The number of ether oxygens (including phenoxy) is 1. The minimum Gasteiger partial charge on any atom is -0.378 e. The van der Waals surface area contributed by atoms with Crippen LogP contribution in [0.5, 0.6) is 0 Å². The average molecular weight is 389 g/mol. The maximum atomic E-state index is 12.8. The fourth-order valence-electron chi connectivity index (χ4n) is 3.39. The van der Waals surface area contributed by atoms with E-state index in [4.69, 9.17) is 4.74 Å². The molecule has 1 aromatic heterocycles. The van der Waals surface area contributed by atoms with Crippen LogP contribution in [0, 0.1) is 0 Å². The Balaban J connectivity index is 1.43. The van der Waals surface area contributed by atoms with Gasteiger partial charge >= 0.3 is 0 Å². The Morgan fingerprint density at radius 1 is 0.897 bits per heavy atom. The van der Waals surface area contributed by atoms with Crippen molar-refractivity contribution in [3.8, 4) is 5.69 Å². The largest absolute Gasteiger partial charge is 0.378 e. The molecule has 0 spiro atoms. The maximum absolute atomic E-state index is 12.8. The lowest BCUT2D eigenvalue weighted by Crippen LogP contribution is -2.41. The zero-order valence-corrected chi connectivity index (χ0v) is 16.1. The van der Waals surface area contributed by atoms with Gasteiger partial charge in [-0.2, -0.15) is 0 Å². The van der Waals surface area contributed by atoms with E-state index in [1.807, 2.05) is 65.5 Å². The summed E-state index contributed by atoms with van der Waals surface area (Å²) in [6, 6.07) is 18.9. The molecular formula is C23H23N3O3. The average Bonchev–Trinajstić information content (AvgIpc) is 3.30. The molecule has 3 aromatic rings. The molecule has 1 fully saturated rings. The minimum atomic E-state index is -0.152. The highest BCUT2D eigenvalue weighted by Gasteiger charge is 2.21. The van der Waals surface area contributed by atoms with Crippen LogP contribution in [0.2, 0.25) is 0 Å². The number of anilines is 1. The Hall–Kier alpha value is -3.38. The first-order valence-electron chi connectivity index (χ1n) is 9.69. The molecule has 2 aromatic carbocycles. The summed E-state index contributed by atoms with van der Waals surface area (Å²) in [7, 11) is 0. The van der Waals surface area contributed by atoms with Crippen LogP contribution in [0.3, 0.4) is 0 Å². The van der Waals surface area contributed by atoms with Crippen LogP contribution < -0.4 is 5.32 Å². The van der Waals surface area contributed by atoms with Crippen molar-refractivity contribution >= 4 is 17.5 Å². The fraction of sp³-hybridized carbons (Fsp3) is 0.217. The number of benzene rings is 2. The van der Waals surface area contributed by atoms with E-state index in [9.17, 15) is 9.59 Å². The third-order valence-corrected chi connectivity index (χ3v) is 4.93. The Kier molecular flexibility index (Phi) is 5.72. The molecule has 1 N–H and O–H groups in total. The van der Waals surface area contributed by atoms with Crippen molar-refractivity contribution in [2.45, 2.75) is 6.42 Å². The zero-order valence-electron chi connectivity index (χ0n) is 16.1. The summed E-state index contributed by atoms with van der Waals surface area (Å²) in [6.07, 6.45) is 4.19. The van der Waals surface area contributed by atoms with Crippen molar-refractivity contribution in [1.29, 1.82) is 0 Å². The monoisotopic (exact) mass is 389 g/mol. The molecule has 6 nitrogen and oxygen atoms in total. The number of rotatable bonds is 5. The van der Waals surface area contributed by atoms with Gasteiger partial charge in [-0.3, -0.25) is 9.59 Å². The van der Waals surface area contributed by atoms with Crippen LogP contribution in [-0.4, -0.2) is 47.6 Å². The highest BCUT2D eigenvalue weighted by Crippen LogP contribution is 2.19. The lowest BCUT2D eigenvalue weighted by Gasteiger charge is -2.27. The number of carbonyl (C=O) groups is 2. The molecule has 1 aliphatic heterocycles. The first-order valence-corrected chi connectivity index (χ1v) is 9.69. The third-order valence-electron chi connectivity index (χ3n) is 4.93. The van der Waals surface area contributed by atoms with Gasteiger partial charge in [0.05, 0.1) is 30.9 Å². The minimum absolute atomic E-state index is 0.0831. The Morgan fingerprint density at radius 3 is 2.31 bits per heavy atom. The second kappa shape index (κ2) is 8.75. The number of nitrogens with zero attached hydrogens (tertiary/aromatic N) is 2. The van der Waals surface area contributed by atoms with Gasteiger partial charge in [0, 0.05) is 31.2 Å². The van der Waals surface area contributed by atoms with E-state index in [2.05, 4.69) is 5.32 Å². The molecule has 0 saturated carbocycles. The van der Waals surface area contributed by atoms with E-state index in [0.717, 1.165) is 11.3 Å². The van der Waals surface area contributed by atoms with Crippen molar-refractivity contribution in [3.05, 3.63) is 84.2 Å². The number of hydrogen-bond donors (Lipinski definition) is 1. The van der Waals surface area contributed by atoms with Crippen molar-refractivity contribution < 1.29 is 14.3 Å². The Morgan fingerprint density at radius 2 is 1.59 bits per heavy atom. The van der Waals surface area contributed by atoms with Gasteiger partial charge in [-0.15, -0.1) is 0 Å². The molecule has 4 rings (SSSR count). The normalized spacial score (nSPS) is 13.9. The van der Waals surface area contributed by atoms with Gasteiger partial charge in [0.1, 0.15) is 0 Å². The predicted octanol–water partition coefficient (Wildman–Crippen LogP) is 3.13. The summed E-state index contributed by atoms with van der Waals surface area (Å²) >= 11 is 0. The lowest BCUT2D eigenvalue weighted by molar-refractivity contribution is -0.115. The van der Waals surface area contributed by atoms with Crippen LogP contribution in [0.1, 0.15) is 15.9 Å². The lowest BCUT2D eigenvalue weighted by atomic mass is 10.1. The number of amides is 2. The molecule has 0 unspecified atom stereocenters. The molecule has 0 radical (unpaired) electrons. The quantitative estimate of drug-likeness (QED) is 0.729. The van der Waals surface area contributed by atoms with Crippen LogP contribution in [-0.2, 0) is 16.0 Å². The predicted molar refractivity (Wildman–Crippen MR) is 111 cm³/mol. The molecule has 29 heavy (non-hydrogen) atoms. The fourth-order valence-corrected chi connectivity index (χ4v) is 3.39. The van der Waals surface area contributed by atoms with Gasteiger partial charge in [-0.1, -0.05) is 24.3 Å². The van der Waals surface area contributed by atoms with Crippen LogP contribution >= 0.6 is 0 Å². The Labute approximate surface area is 169 Å². The number of hydrogen-bond acceptors (Lipinski definition) is 3. The van der Waals surface area contributed by atoms with E-state index in [1.165, 1.54) is 0 Å². The summed E-state index contributed by atoms with van der Waals surface area (Å²) in [5.41, 5.74) is 3.00. The molecule has 2 heterocycles. The van der Waals surface area contributed by atoms with Gasteiger partial charge in [0.2, 0.25) is 5.91 Å². The highest BCUT2D eigenvalue weighted by atomic mass is 16.5. The molecular weight excluding hydrogens is 366 g/mol. The van der Waals surface area contributed by atoms with Gasteiger partial charge < -0.3 is 19.5 Å². The van der Waals surface area contributed by atoms with Crippen LogP contribution in [0.25, 0.3) is 5.69 Å². The molecule has 1 saturated heterocycles.